The molecule has 0 saturated carbocycles. The maximum absolute atomic E-state index is 14.0. The van der Waals surface area contributed by atoms with E-state index in [0.717, 1.165) is 40.1 Å². The molecule has 61 heavy (non-hydrogen) atoms. The van der Waals surface area contributed by atoms with Crippen LogP contribution in [0.5, 0.6) is 11.5 Å². The first-order valence-electron chi connectivity index (χ1n) is 21.1. The first kappa shape index (κ1) is 42.0. The Kier molecular flexibility index (Phi) is 12.4. The predicted octanol–water partition coefficient (Wildman–Crippen LogP) is 6.81. The summed E-state index contributed by atoms with van der Waals surface area (Å²) in [5.41, 5.74) is 14.5. The van der Waals surface area contributed by atoms with Gasteiger partial charge in [0.15, 0.2) is 11.5 Å². The number of anilines is 2. The molecule has 4 unspecified atom stereocenters. The number of methoxy groups -OCH3 is 2. The third-order valence-electron chi connectivity index (χ3n) is 12.2. The number of aliphatic carboxylic acids is 1. The quantitative estimate of drug-likeness (QED) is 0.123. The lowest BCUT2D eigenvalue weighted by molar-refractivity contribution is -0.137. The molecule has 6 atom stereocenters. The number of amides is 2. The minimum absolute atomic E-state index is 0.00448. The van der Waals surface area contributed by atoms with Crippen LogP contribution in [0.2, 0.25) is 0 Å². The molecule has 3 aliphatic heterocycles. The Hall–Kier alpha value is -5.76. The van der Waals surface area contributed by atoms with Crippen molar-refractivity contribution in [2.45, 2.75) is 89.2 Å². The number of carbonyl (C=O) groups is 3. The molecule has 0 radical (unpaired) electrons. The highest BCUT2D eigenvalue weighted by molar-refractivity contribution is 6.15. The fraction of sp³-hybridized carbons (Fsp3) is 0.417. The molecular weight excluding hydrogens is 777 g/mol. The summed E-state index contributed by atoms with van der Waals surface area (Å²) in [6, 6.07) is 17.4. The van der Waals surface area contributed by atoms with Crippen LogP contribution in [-0.4, -0.2) is 93.5 Å². The van der Waals surface area contributed by atoms with Crippen LogP contribution in [0.25, 0.3) is 0 Å². The van der Waals surface area contributed by atoms with Gasteiger partial charge >= 0.3 is 5.97 Å². The zero-order chi connectivity index (χ0) is 42.8. The molecule has 8 rings (SSSR count). The number of aryl methyl sites for hydroxylation is 1. The lowest BCUT2D eigenvalue weighted by Crippen LogP contribution is -2.41. The fourth-order valence-corrected chi connectivity index (χ4v) is 9.21. The molecular formula is C48H54N4O9. The van der Waals surface area contributed by atoms with Gasteiger partial charge in [0.2, 0.25) is 0 Å². The average Bonchev–Trinajstić information content (AvgIpc) is 3.75. The monoisotopic (exact) mass is 830 g/mol. The van der Waals surface area contributed by atoms with Crippen LogP contribution in [-0.2, 0) is 36.6 Å². The van der Waals surface area contributed by atoms with Gasteiger partial charge in [-0.15, -0.1) is 0 Å². The number of benzene rings is 3. The number of nitrogens with two attached hydrogens (primary N) is 1. The summed E-state index contributed by atoms with van der Waals surface area (Å²) in [4.78, 5) is 47.4. The van der Waals surface area contributed by atoms with Crippen molar-refractivity contribution in [1.82, 2.24) is 0 Å². The summed E-state index contributed by atoms with van der Waals surface area (Å²) < 4.78 is 30.9. The molecule has 0 bridgehead atoms. The molecule has 0 aromatic heterocycles. The number of para-hydroxylation sites is 1. The van der Waals surface area contributed by atoms with E-state index in [9.17, 15) is 14.4 Å². The van der Waals surface area contributed by atoms with Gasteiger partial charge in [-0.1, -0.05) is 42.0 Å². The number of hydrogen-bond donors (Lipinski definition) is 2. The topological polar surface area (TPSA) is 162 Å². The standard InChI is InChI=1S/C48H54N4O9/c1-28-12-13-41-33(15-28)20-34-25-50-39-24-45(43(58-4)22-37(39)48(56)52(34)41)61-27-31-17-30(18-35(19-31)59-14-8-7-11-46(53)54)26-60-44-23-38(49)36(21-42(44)57-3)47(55)51-29(2)16-32-9-5-6-10-40(32)51/h5-6,9-10,12-13,15,19,21-25,29-30,34-35,42,44H,7-8,11,14,16-18,20,26-27,49H2,1-4H3,(H,53,54)/t29-,30?,34+,35?,42?,44?/m1/s1. The van der Waals surface area contributed by atoms with E-state index in [4.69, 9.17) is 39.5 Å². The van der Waals surface area contributed by atoms with Gasteiger partial charge in [0, 0.05) is 62.0 Å². The first-order chi connectivity index (χ1) is 29.5. The lowest BCUT2D eigenvalue weighted by atomic mass is 9.87. The van der Waals surface area contributed by atoms with E-state index in [1.54, 1.807) is 38.5 Å². The highest BCUT2D eigenvalue weighted by Crippen LogP contribution is 2.42. The molecule has 3 heterocycles. The van der Waals surface area contributed by atoms with Crippen LogP contribution in [0.4, 0.5) is 17.1 Å². The number of carboxylic acid groups (broad SMARTS) is 1. The largest absolute Gasteiger partial charge is 0.493 e. The average molecular weight is 831 g/mol. The smallest absolute Gasteiger partial charge is 0.303 e. The van der Waals surface area contributed by atoms with Crippen LogP contribution >= 0.6 is 0 Å². The Labute approximate surface area is 356 Å². The zero-order valence-corrected chi connectivity index (χ0v) is 35.2. The molecule has 2 aliphatic carbocycles. The normalized spacial score (nSPS) is 23.9. The van der Waals surface area contributed by atoms with Crippen LogP contribution in [0.15, 0.2) is 94.7 Å². The van der Waals surface area contributed by atoms with Gasteiger partial charge in [0.1, 0.15) is 18.8 Å². The summed E-state index contributed by atoms with van der Waals surface area (Å²) in [5, 5.41) is 9.09. The van der Waals surface area contributed by atoms with Gasteiger partial charge in [-0.25, -0.2) is 0 Å². The van der Waals surface area contributed by atoms with E-state index in [0.29, 0.717) is 79.3 Å². The molecule has 2 amide bonds. The van der Waals surface area contributed by atoms with E-state index in [1.807, 2.05) is 60.2 Å². The van der Waals surface area contributed by atoms with Crippen LogP contribution < -0.4 is 25.0 Å². The Morgan fingerprint density at radius 2 is 1.75 bits per heavy atom. The number of ether oxygens (including phenoxy) is 5. The van der Waals surface area contributed by atoms with Crippen molar-refractivity contribution in [1.29, 1.82) is 0 Å². The number of carboxylic acids is 1. The first-order valence-corrected chi connectivity index (χ1v) is 21.1. The summed E-state index contributed by atoms with van der Waals surface area (Å²) >= 11 is 0. The van der Waals surface area contributed by atoms with Gasteiger partial charge in [-0.05, 0) is 98.9 Å². The van der Waals surface area contributed by atoms with E-state index in [2.05, 4.69) is 18.2 Å². The minimum atomic E-state index is -0.827. The van der Waals surface area contributed by atoms with Crippen molar-refractivity contribution in [2.24, 2.45) is 16.6 Å². The second kappa shape index (κ2) is 18.1. The molecule has 3 aromatic carbocycles. The maximum Gasteiger partial charge on any atom is 0.303 e. The second-order valence-electron chi connectivity index (χ2n) is 16.6. The van der Waals surface area contributed by atoms with Crippen LogP contribution in [0.3, 0.4) is 0 Å². The molecule has 0 spiro atoms. The molecule has 3 N–H and O–H groups in total. The van der Waals surface area contributed by atoms with Gasteiger partial charge in [0.05, 0.1) is 42.7 Å². The molecule has 320 valence electrons. The lowest BCUT2D eigenvalue weighted by Gasteiger charge is -2.33. The molecule has 13 heteroatoms. The highest BCUT2D eigenvalue weighted by Gasteiger charge is 2.38. The molecule has 3 aromatic rings. The summed E-state index contributed by atoms with van der Waals surface area (Å²) in [6.45, 7) is 5.09. The molecule has 13 nitrogen and oxygen atoms in total. The minimum Gasteiger partial charge on any atom is -0.493 e. The molecule has 5 aliphatic rings. The molecule has 0 saturated heterocycles. The van der Waals surface area contributed by atoms with Crippen molar-refractivity contribution in [2.75, 3.05) is 43.8 Å². The van der Waals surface area contributed by atoms with Gasteiger partial charge < -0.3 is 39.4 Å². The van der Waals surface area contributed by atoms with E-state index < -0.39 is 18.2 Å². The number of carbonyl (C=O) groups excluding carboxylic acids is 2. The van der Waals surface area contributed by atoms with Crippen molar-refractivity contribution in [3.8, 4) is 11.5 Å². The third kappa shape index (κ3) is 8.86. The third-order valence-corrected chi connectivity index (χ3v) is 12.2. The Morgan fingerprint density at radius 3 is 2.56 bits per heavy atom. The van der Waals surface area contributed by atoms with Crippen molar-refractivity contribution >= 4 is 41.1 Å². The van der Waals surface area contributed by atoms with E-state index in [-0.39, 0.29) is 48.9 Å². The van der Waals surface area contributed by atoms with Crippen molar-refractivity contribution in [3.63, 3.8) is 0 Å². The van der Waals surface area contributed by atoms with E-state index >= 15 is 0 Å². The number of unbranched alkanes of at least 4 members (excludes halogenated alkanes) is 1. The van der Waals surface area contributed by atoms with Gasteiger partial charge in [0.25, 0.3) is 11.8 Å². The number of rotatable bonds is 15. The van der Waals surface area contributed by atoms with E-state index in [1.165, 1.54) is 0 Å². The highest BCUT2D eigenvalue weighted by atomic mass is 16.5. The summed E-state index contributed by atoms with van der Waals surface area (Å²) in [5.74, 6) is -0.209. The van der Waals surface area contributed by atoms with Gasteiger partial charge in [-0.2, -0.15) is 0 Å². The Balaban J connectivity index is 0.952. The number of nitrogens with zero attached hydrogens (tertiary/aromatic N) is 3. The van der Waals surface area contributed by atoms with Crippen LogP contribution in [0.1, 0.15) is 66.1 Å². The van der Waals surface area contributed by atoms with Crippen LogP contribution in [0, 0.1) is 12.8 Å². The Bertz CT molecular complexity index is 2320. The summed E-state index contributed by atoms with van der Waals surface area (Å²) in [6.07, 6.45) is 10.2. The Morgan fingerprint density at radius 1 is 0.918 bits per heavy atom. The number of aliphatic imine (C=N–C) groups is 1. The van der Waals surface area contributed by atoms with Crippen molar-refractivity contribution in [3.05, 3.63) is 112 Å². The number of fused-ring (bicyclic) bond motifs is 5. The van der Waals surface area contributed by atoms with Crippen molar-refractivity contribution < 1.29 is 43.2 Å². The van der Waals surface area contributed by atoms with Gasteiger partial charge in [-0.3, -0.25) is 24.3 Å². The summed E-state index contributed by atoms with van der Waals surface area (Å²) in [7, 11) is 3.15. The fourth-order valence-electron chi connectivity index (χ4n) is 9.21. The predicted molar refractivity (Wildman–Crippen MR) is 232 cm³/mol. The SMILES string of the molecule is COc1cc2c(cc1OCC1=CC(OCCCCC(=O)O)CC(COC3C=C(N)C(C(=O)N4c5ccccc5C[C@H]4C)=CC3OC)C1)N=C[C@@H]1Cc3cc(C)ccc3N1C2=O. The maximum atomic E-state index is 14.0. The second-order valence-corrected chi connectivity index (χ2v) is 16.6. The number of hydrogen-bond acceptors (Lipinski definition) is 10. The zero-order valence-electron chi connectivity index (χ0n) is 35.2. The molecule has 0 fully saturated rings.